The Bertz CT molecular complexity index is 1340. The summed E-state index contributed by atoms with van der Waals surface area (Å²) < 4.78 is 16.6. The molecule has 1 unspecified atom stereocenters. The van der Waals surface area contributed by atoms with Gasteiger partial charge in [-0.3, -0.25) is 9.36 Å². The van der Waals surface area contributed by atoms with Crippen LogP contribution in [0.2, 0.25) is 0 Å². The van der Waals surface area contributed by atoms with Gasteiger partial charge < -0.3 is 4.57 Å². The molecule has 1 atom stereocenters. The Balaban J connectivity index is 1.64. The lowest BCUT2D eigenvalue weighted by Crippen LogP contribution is -2.33. The lowest BCUT2D eigenvalue weighted by Gasteiger charge is -2.30. The smallest absolute Gasteiger partial charge is 0.261 e. The molecule has 3 aromatic carbocycles. The quantitative estimate of drug-likeness (QED) is 0.422. The van der Waals surface area contributed by atoms with Crippen LogP contribution in [-0.4, -0.2) is 15.7 Å². The zero-order chi connectivity index (χ0) is 22.3. The second-order valence-corrected chi connectivity index (χ2v) is 11.8. The van der Waals surface area contributed by atoms with Gasteiger partial charge in [0.15, 0.2) is 0 Å². The summed E-state index contributed by atoms with van der Waals surface area (Å²) in [6.07, 6.45) is 2.25. The highest BCUT2D eigenvalue weighted by Gasteiger charge is 2.35. The molecule has 162 valence electrons. The van der Waals surface area contributed by atoms with Gasteiger partial charge >= 0.3 is 0 Å². The predicted molar refractivity (Wildman–Crippen MR) is 132 cm³/mol. The lowest BCUT2D eigenvalue weighted by atomic mass is 10.00. The molecule has 0 bridgehead atoms. The van der Waals surface area contributed by atoms with Gasteiger partial charge in [-0.05, 0) is 38.8 Å². The Morgan fingerprint density at radius 2 is 1.50 bits per heavy atom. The molecule has 0 spiro atoms. The Morgan fingerprint density at radius 3 is 2.12 bits per heavy atom. The third-order valence-electron chi connectivity index (χ3n) is 6.57. The molecule has 0 amide bonds. The summed E-state index contributed by atoms with van der Waals surface area (Å²) in [5.74, 6) is 0.744. The van der Waals surface area contributed by atoms with Crippen LogP contribution in [0.5, 0.6) is 0 Å². The molecule has 4 nitrogen and oxygen atoms in total. The van der Waals surface area contributed by atoms with Crippen molar-refractivity contribution in [3.63, 3.8) is 0 Å². The van der Waals surface area contributed by atoms with E-state index in [1.807, 2.05) is 91.2 Å². The molecule has 0 radical (unpaired) electrons. The van der Waals surface area contributed by atoms with Gasteiger partial charge in [0.05, 0.1) is 10.9 Å². The van der Waals surface area contributed by atoms with Crippen molar-refractivity contribution in [1.82, 2.24) is 9.55 Å². The van der Waals surface area contributed by atoms with Crippen LogP contribution in [0.15, 0.2) is 77.6 Å². The summed E-state index contributed by atoms with van der Waals surface area (Å²) >= 11 is 0. The fourth-order valence-electron chi connectivity index (χ4n) is 4.75. The van der Waals surface area contributed by atoms with E-state index in [1.165, 1.54) is 0 Å². The maximum Gasteiger partial charge on any atom is 0.261 e. The average Bonchev–Trinajstić information content (AvgIpc) is 2.80. The number of hydrogen-bond acceptors (Lipinski definition) is 3. The van der Waals surface area contributed by atoms with Crippen LogP contribution in [-0.2, 0) is 11.1 Å². The molecule has 0 saturated carbocycles. The molecule has 0 saturated heterocycles. The number of hydrogen-bond donors (Lipinski definition) is 0. The van der Waals surface area contributed by atoms with Gasteiger partial charge in [-0.1, -0.05) is 71.8 Å². The van der Waals surface area contributed by atoms with E-state index < -0.39 is 7.14 Å². The molecule has 1 aliphatic rings. The van der Waals surface area contributed by atoms with E-state index in [9.17, 15) is 9.36 Å². The average molecular weight is 442 g/mol. The lowest BCUT2D eigenvalue weighted by molar-refractivity contribution is 0.446. The molecule has 2 heterocycles. The Hall–Kier alpha value is -2.97. The molecule has 4 aromatic rings. The monoisotopic (exact) mass is 442 g/mol. The van der Waals surface area contributed by atoms with Crippen LogP contribution in [0, 0.1) is 13.8 Å². The third kappa shape index (κ3) is 3.63. The number of para-hydroxylation sites is 1. The van der Waals surface area contributed by atoms with Crippen LogP contribution in [0.1, 0.15) is 35.7 Å². The van der Waals surface area contributed by atoms with Gasteiger partial charge in [0.2, 0.25) is 0 Å². The predicted octanol–water partition coefficient (Wildman–Crippen LogP) is 4.90. The minimum atomic E-state index is -2.92. The molecule has 5 rings (SSSR count). The van der Waals surface area contributed by atoms with Crippen molar-refractivity contribution < 1.29 is 4.57 Å². The highest BCUT2D eigenvalue weighted by molar-refractivity contribution is 7.78. The van der Waals surface area contributed by atoms with Crippen molar-refractivity contribution >= 4 is 28.7 Å². The highest BCUT2D eigenvalue weighted by atomic mass is 31.2. The van der Waals surface area contributed by atoms with Crippen LogP contribution in [0.4, 0.5) is 0 Å². The van der Waals surface area contributed by atoms with E-state index >= 15 is 0 Å². The zero-order valence-corrected chi connectivity index (χ0v) is 19.4. The van der Waals surface area contributed by atoms with Gasteiger partial charge in [-0.25, -0.2) is 4.98 Å². The zero-order valence-electron chi connectivity index (χ0n) is 18.5. The Kier molecular flexibility index (Phi) is 5.35. The van der Waals surface area contributed by atoms with Crippen molar-refractivity contribution in [2.24, 2.45) is 0 Å². The molecule has 32 heavy (non-hydrogen) atoms. The topological polar surface area (TPSA) is 52.0 Å². The van der Waals surface area contributed by atoms with Crippen LogP contribution < -0.4 is 16.2 Å². The number of fused-ring (bicyclic) bond motifs is 2. The fourth-order valence-corrected chi connectivity index (χ4v) is 7.70. The largest absolute Gasteiger partial charge is 0.314 e. The first kappa shape index (κ1) is 20.9. The van der Waals surface area contributed by atoms with Crippen molar-refractivity contribution in [2.75, 3.05) is 6.16 Å². The van der Waals surface area contributed by atoms with Gasteiger partial charge in [-0.2, -0.15) is 0 Å². The summed E-state index contributed by atoms with van der Waals surface area (Å²) in [4.78, 5) is 18.1. The van der Waals surface area contributed by atoms with E-state index in [0.29, 0.717) is 18.1 Å². The maximum absolute atomic E-state index is 14.8. The first-order valence-corrected chi connectivity index (χ1v) is 13.1. The van der Waals surface area contributed by atoms with E-state index in [2.05, 4.69) is 0 Å². The van der Waals surface area contributed by atoms with E-state index in [4.69, 9.17) is 4.98 Å². The maximum atomic E-state index is 14.8. The molecule has 0 fully saturated rings. The minimum absolute atomic E-state index is 0.0100. The van der Waals surface area contributed by atoms with E-state index in [-0.39, 0.29) is 11.5 Å². The van der Waals surface area contributed by atoms with Crippen molar-refractivity contribution in [2.45, 2.75) is 39.2 Å². The van der Waals surface area contributed by atoms with E-state index in [1.54, 1.807) is 0 Å². The van der Waals surface area contributed by atoms with Crippen LogP contribution in [0.25, 0.3) is 10.9 Å². The Labute approximate surface area is 188 Å². The first-order valence-electron chi connectivity index (χ1n) is 11.2. The summed E-state index contributed by atoms with van der Waals surface area (Å²) in [5.41, 5.74) is 3.02. The number of rotatable bonds is 4. The normalized spacial score (nSPS) is 16.1. The standard InChI is InChI=1S/C27H27N2O2P/c1-19-9-13-22(14-10-19)32(31,23-15-11-20(2)12-16-23)18-21-6-5-17-29-26(21)28-25-8-4-3-7-24(25)27(29)30/h3-4,7-16,21H,5-6,17-18H2,1-2H3. The molecular weight excluding hydrogens is 415 g/mol. The summed E-state index contributed by atoms with van der Waals surface area (Å²) in [5, 5.41) is 2.39. The van der Waals surface area contributed by atoms with E-state index in [0.717, 1.165) is 45.9 Å². The summed E-state index contributed by atoms with van der Waals surface area (Å²) in [6, 6.07) is 23.6. The third-order valence-corrected chi connectivity index (χ3v) is 9.79. The first-order chi connectivity index (χ1) is 15.5. The SMILES string of the molecule is Cc1ccc(P(=O)(CC2CCCn3c2nc2ccccc2c3=O)c2ccc(C)cc2)cc1. The van der Waals surface area contributed by atoms with Gasteiger partial charge in [0.1, 0.15) is 13.0 Å². The second-order valence-electron chi connectivity index (χ2n) is 8.88. The molecule has 1 aliphatic heterocycles. The Morgan fingerprint density at radius 1 is 0.906 bits per heavy atom. The van der Waals surface area contributed by atoms with Crippen molar-refractivity contribution in [3.05, 3.63) is 100 Å². The number of aromatic nitrogens is 2. The molecule has 0 aliphatic carbocycles. The number of aryl methyl sites for hydroxylation is 2. The number of nitrogens with zero attached hydrogens (tertiary/aromatic N) is 2. The van der Waals surface area contributed by atoms with Crippen LogP contribution >= 0.6 is 7.14 Å². The van der Waals surface area contributed by atoms with Crippen molar-refractivity contribution in [3.8, 4) is 0 Å². The van der Waals surface area contributed by atoms with Crippen molar-refractivity contribution in [1.29, 1.82) is 0 Å². The fraction of sp³-hybridized carbons (Fsp3) is 0.259. The van der Waals surface area contributed by atoms with Crippen LogP contribution in [0.3, 0.4) is 0 Å². The summed E-state index contributed by atoms with van der Waals surface area (Å²) in [6.45, 7) is 4.75. The van der Waals surface area contributed by atoms with Gasteiger partial charge in [0, 0.05) is 29.2 Å². The minimum Gasteiger partial charge on any atom is -0.314 e. The molecule has 5 heteroatoms. The highest BCUT2D eigenvalue weighted by Crippen LogP contribution is 2.48. The summed E-state index contributed by atoms with van der Waals surface area (Å²) in [7, 11) is -2.92. The van der Waals surface area contributed by atoms with Gasteiger partial charge in [0.25, 0.3) is 5.56 Å². The molecule has 0 N–H and O–H groups in total. The van der Waals surface area contributed by atoms with Gasteiger partial charge in [-0.15, -0.1) is 0 Å². The molecule has 1 aromatic heterocycles. The second kappa shape index (κ2) is 8.18. The molecular formula is C27H27N2O2P. The number of benzene rings is 3.